The molecule has 2 rings (SSSR count). The summed E-state index contributed by atoms with van der Waals surface area (Å²) in [6.07, 6.45) is 3.03. The molecule has 0 atom stereocenters. The van der Waals surface area contributed by atoms with Crippen LogP contribution in [0.4, 0.5) is 4.39 Å². The van der Waals surface area contributed by atoms with Gasteiger partial charge in [0.1, 0.15) is 5.82 Å². The highest BCUT2D eigenvalue weighted by Gasteiger charge is 2.06. The van der Waals surface area contributed by atoms with Crippen molar-refractivity contribution in [3.63, 3.8) is 0 Å². The first-order valence-corrected chi connectivity index (χ1v) is 6.67. The third-order valence-electron chi connectivity index (χ3n) is 3.19. The fourth-order valence-corrected chi connectivity index (χ4v) is 1.98. The van der Waals surface area contributed by atoms with Gasteiger partial charge in [0.15, 0.2) is 0 Å². The minimum Gasteiger partial charge on any atom is -0.313 e. The Morgan fingerprint density at radius 3 is 2.68 bits per heavy atom. The Labute approximate surface area is 113 Å². The summed E-state index contributed by atoms with van der Waals surface area (Å²) in [4.78, 5) is 0. The summed E-state index contributed by atoms with van der Waals surface area (Å²) in [5, 5.41) is 7.77. The van der Waals surface area contributed by atoms with Crippen molar-refractivity contribution in [3.8, 4) is 0 Å². The van der Waals surface area contributed by atoms with E-state index in [4.69, 9.17) is 0 Å². The smallest absolute Gasteiger partial charge is 0.123 e. The van der Waals surface area contributed by atoms with Crippen LogP contribution in [0.25, 0.3) is 0 Å². The van der Waals surface area contributed by atoms with E-state index in [0.29, 0.717) is 6.54 Å². The average Bonchev–Trinajstić information content (AvgIpc) is 2.75. The quantitative estimate of drug-likeness (QED) is 0.810. The van der Waals surface area contributed by atoms with Crippen LogP contribution in [0.3, 0.4) is 0 Å². The standard InChI is InChI=1S/C15H20FN3/c1-3-8-17-9-14-10-18-19(12(14)2)11-13-4-6-15(16)7-5-13/h4-7,10,17H,3,8-9,11H2,1-2H3. The Hall–Kier alpha value is -1.68. The van der Waals surface area contributed by atoms with Crippen LogP contribution in [0.2, 0.25) is 0 Å². The molecule has 0 saturated heterocycles. The number of aromatic nitrogens is 2. The second kappa shape index (κ2) is 6.48. The summed E-state index contributed by atoms with van der Waals surface area (Å²) in [5.74, 6) is -0.203. The van der Waals surface area contributed by atoms with Crippen molar-refractivity contribution >= 4 is 0 Å². The number of rotatable bonds is 6. The van der Waals surface area contributed by atoms with Gasteiger partial charge in [-0.1, -0.05) is 19.1 Å². The molecule has 0 fully saturated rings. The Morgan fingerprint density at radius 2 is 2.00 bits per heavy atom. The van der Waals surface area contributed by atoms with E-state index >= 15 is 0 Å². The maximum absolute atomic E-state index is 12.9. The highest BCUT2D eigenvalue weighted by molar-refractivity contribution is 5.20. The van der Waals surface area contributed by atoms with Gasteiger partial charge in [-0.3, -0.25) is 4.68 Å². The predicted octanol–water partition coefficient (Wildman–Crippen LogP) is 2.88. The van der Waals surface area contributed by atoms with E-state index in [-0.39, 0.29) is 5.82 Å². The van der Waals surface area contributed by atoms with Gasteiger partial charge in [-0.15, -0.1) is 0 Å². The third kappa shape index (κ3) is 3.64. The third-order valence-corrected chi connectivity index (χ3v) is 3.19. The zero-order valence-corrected chi connectivity index (χ0v) is 11.5. The largest absolute Gasteiger partial charge is 0.313 e. The number of nitrogens with zero attached hydrogens (tertiary/aromatic N) is 2. The molecule has 1 aromatic carbocycles. The summed E-state index contributed by atoms with van der Waals surface area (Å²) in [6.45, 7) is 6.77. The Kier molecular flexibility index (Phi) is 4.68. The number of hydrogen-bond donors (Lipinski definition) is 1. The summed E-state index contributed by atoms with van der Waals surface area (Å²) in [6, 6.07) is 6.56. The van der Waals surface area contributed by atoms with Crippen LogP contribution in [-0.2, 0) is 13.1 Å². The predicted molar refractivity (Wildman–Crippen MR) is 74.5 cm³/mol. The van der Waals surface area contributed by atoms with Crippen LogP contribution in [0.5, 0.6) is 0 Å². The van der Waals surface area contributed by atoms with Crippen molar-refractivity contribution < 1.29 is 4.39 Å². The normalized spacial score (nSPS) is 10.9. The first-order valence-electron chi connectivity index (χ1n) is 6.67. The number of hydrogen-bond acceptors (Lipinski definition) is 2. The van der Waals surface area contributed by atoms with Gasteiger partial charge in [-0.05, 0) is 37.6 Å². The molecule has 1 N–H and O–H groups in total. The van der Waals surface area contributed by atoms with Gasteiger partial charge in [-0.25, -0.2) is 4.39 Å². The summed E-state index contributed by atoms with van der Waals surface area (Å²) in [7, 11) is 0. The molecule has 4 heteroatoms. The first-order chi connectivity index (χ1) is 9.20. The molecule has 19 heavy (non-hydrogen) atoms. The minimum atomic E-state index is -0.203. The van der Waals surface area contributed by atoms with Crippen LogP contribution >= 0.6 is 0 Å². The zero-order valence-electron chi connectivity index (χ0n) is 11.5. The topological polar surface area (TPSA) is 29.9 Å². The van der Waals surface area contributed by atoms with Gasteiger partial charge >= 0.3 is 0 Å². The van der Waals surface area contributed by atoms with Crippen LogP contribution in [0, 0.1) is 12.7 Å². The van der Waals surface area contributed by atoms with Crippen LogP contribution in [-0.4, -0.2) is 16.3 Å². The second-order valence-corrected chi connectivity index (χ2v) is 4.72. The molecule has 0 aliphatic heterocycles. The van der Waals surface area contributed by atoms with E-state index in [1.165, 1.54) is 17.7 Å². The van der Waals surface area contributed by atoms with Gasteiger partial charge in [0.05, 0.1) is 12.7 Å². The second-order valence-electron chi connectivity index (χ2n) is 4.72. The fraction of sp³-hybridized carbons (Fsp3) is 0.400. The van der Waals surface area contributed by atoms with Crippen molar-refractivity contribution in [2.24, 2.45) is 0 Å². The van der Waals surface area contributed by atoms with E-state index in [9.17, 15) is 4.39 Å². The number of nitrogens with one attached hydrogen (secondary N) is 1. The lowest BCUT2D eigenvalue weighted by Crippen LogP contribution is -2.14. The molecule has 0 amide bonds. The number of halogens is 1. The van der Waals surface area contributed by atoms with Crippen molar-refractivity contribution in [3.05, 3.63) is 53.1 Å². The van der Waals surface area contributed by atoms with E-state index in [1.54, 1.807) is 12.1 Å². The SMILES string of the molecule is CCCNCc1cnn(Cc2ccc(F)cc2)c1C. The highest BCUT2D eigenvalue weighted by Crippen LogP contribution is 2.10. The molecule has 3 nitrogen and oxygen atoms in total. The van der Waals surface area contributed by atoms with E-state index in [0.717, 1.165) is 30.8 Å². The van der Waals surface area contributed by atoms with E-state index in [2.05, 4.69) is 24.3 Å². The van der Waals surface area contributed by atoms with Crippen molar-refractivity contribution in [2.45, 2.75) is 33.4 Å². The lowest BCUT2D eigenvalue weighted by molar-refractivity contribution is 0.622. The molecule has 0 saturated carbocycles. The molecule has 1 aromatic heterocycles. The van der Waals surface area contributed by atoms with E-state index < -0.39 is 0 Å². The molecule has 1 heterocycles. The lowest BCUT2D eigenvalue weighted by Gasteiger charge is -2.06. The highest BCUT2D eigenvalue weighted by atomic mass is 19.1. The monoisotopic (exact) mass is 261 g/mol. The summed E-state index contributed by atoms with van der Waals surface area (Å²) in [5.41, 5.74) is 3.43. The Balaban J connectivity index is 2.03. The Bertz CT molecular complexity index is 517. The summed E-state index contributed by atoms with van der Waals surface area (Å²) < 4.78 is 14.8. The van der Waals surface area contributed by atoms with Crippen molar-refractivity contribution in [1.29, 1.82) is 0 Å². The first kappa shape index (κ1) is 13.7. The van der Waals surface area contributed by atoms with E-state index in [1.807, 2.05) is 10.9 Å². The average molecular weight is 261 g/mol. The van der Waals surface area contributed by atoms with Crippen molar-refractivity contribution in [2.75, 3.05) is 6.54 Å². The molecule has 0 spiro atoms. The van der Waals surface area contributed by atoms with Crippen LogP contribution in [0.1, 0.15) is 30.2 Å². The molecule has 0 aliphatic carbocycles. The molecule has 0 aliphatic rings. The fourth-order valence-electron chi connectivity index (χ4n) is 1.98. The molecule has 0 unspecified atom stereocenters. The zero-order chi connectivity index (χ0) is 13.7. The maximum Gasteiger partial charge on any atom is 0.123 e. The molecule has 102 valence electrons. The van der Waals surface area contributed by atoms with Gasteiger partial charge in [0.25, 0.3) is 0 Å². The molecular formula is C15H20FN3. The van der Waals surface area contributed by atoms with Crippen molar-refractivity contribution in [1.82, 2.24) is 15.1 Å². The van der Waals surface area contributed by atoms with Gasteiger partial charge in [-0.2, -0.15) is 5.10 Å². The summed E-state index contributed by atoms with van der Waals surface area (Å²) >= 11 is 0. The molecule has 0 radical (unpaired) electrons. The van der Waals surface area contributed by atoms with Crippen LogP contribution < -0.4 is 5.32 Å². The maximum atomic E-state index is 12.9. The van der Waals surface area contributed by atoms with Crippen LogP contribution in [0.15, 0.2) is 30.5 Å². The Morgan fingerprint density at radius 1 is 1.26 bits per heavy atom. The minimum absolute atomic E-state index is 0.203. The van der Waals surface area contributed by atoms with Gasteiger partial charge < -0.3 is 5.32 Å². The lowest BCUT2D eigenvalue weighted by atomic mass is 10.2. The van der Waals surface area contributed by atoms with Gasteiger partial charge in [0, 0.05) is 17.8 Å². The molecular weight excluding hydrogens is 241 g/mol. The molecule has 2 aromatic rings. The number of benzene rings is 1. The van der Waals surface area contributed by atoms with Gasteiger partial charge in [0.2, 0.25) is 0 Å². The molecule has 0 bridgehead atoms.